The van der Waals surface area contributed by atoms with Crippen LogP contribution in [0.15, 0.2) is 0 Å². The monoisotopic (exact) mass is 462 g/mol. The van der Waals surface area contributed by atoms with E-state index in [1.807, 2.05) is 0 Å². The standard InChI is InChI=1S/3Ni.3H2O4S/c;;;3*1-5(2,3)4/h;;;3*(H2,1,2,3,4)/q3*+2;;;/p-6. The first kappa shape index (κ1) is 36.5. The molecule has 0 aromatic rings. The van der Waals surface area contributed by atoms with Crippen molar-refractivity contribution in [1.29, 1.82) is 0 Å². The normalized spacial score (nSPS) is 9.67. The molecule has 18 heavy (non-hydrogen) atoms. The second-order valence-corrected chi connectivity index (χ2v) is 3.67. The number of hydrogen-bond donors (Lipinski definition) is 0. The van der Waals surface area contributed by atoms with Gasteiger partial charge in [-0.05, 0) is 0 Å². The van der Waals surface area contributed by atoms with Crippen molar-refractivity contribution < 1.29 is 102 Å². The maximum atomic E-state index is 8.52. The van der Waals surface area contributed by atoms with E-state index >= 15 is 0 Å². The Bertz CT molecular complexity index is 343. The van der Waals surface area contributed by atoms with Crippen LogP contribution >= 0.6 is 0 Å². The Labute approximate surface area is 132 Å². The Balaban J connectivity index is -0.0000000277. The number of rotatable bonds is 0. The fourth-order valence-corrected chi connectivity index (χ4v) is 0. The molecule has 0 saturated carbocycles. The van der Waals surface area contributed by atoms with Gasteiger partial charge in [-0.2, -0.15) is 0 Å². The van der Waals surface area contributed by atoms with Crippen LogP contribution in [0.25, 0.3) is 0 Å². The summed E-state index contributed by atoms with van der Waals surface area (Å²) in [4.78, 5) is 0. The van der Waals surface area contributed by atoms with Gasteiger partial charge >= 0.3 is 49.5 Å². The predicted octanol–water partition coefficient (Wildman–Crippen LogP) is -4.02. The third kappa shape index (κ3) is 3720. The van der Waals surface area contributed by atoms with E-state index in [4.69, 9.17) is 52.6 Å². The molecule has 0 radical (unpaired) electrons. The van der Waals surface area contributed by atoms with Crippen molar-refractivity contribution in [3.05, 3.63) is 0 Å². The summed E-state index contributed by atoms with van der Waals surface area (Å²) in [6, 6.07) is 0. The molecule has 18 heteroatoms. The summed E-state index contributed by atoms with van der Waals surface area (Å²) in [6.45, 7) is 0. The van der Waals surface area contributed by atoms with Gasteiger partial charge in [-0.1, -0.05) is 0 Å². The van der Waals surface area contributed by atoms with Crippen LogP contribution in [0.3, 0.4) is 0 Å². The van der Waals surface area contributed by atoms with Crippen LogP contribution in [0.1, 0.15) is 0 Å². The molecular weight excluding hydrogens is 464 g/mol. The molecule has 0 N–H and O–H groups in total. The Morgan fingerprint density at radius 2 is 0.389 bits per heavy atom. The summed E-state index contributed by atoms with van der Waals surface area (Å²) in [5.41, 5.74) is 0. The molecule has 0 aromatic heterocycles. The molecule has 0 aliphatic rings. The van der Waals surface area contributed by atoms with Gasteiger partial charge < -0.3 is 27.3 Å². The minimum atomic E-state index is -5.17. The topological polar surface area (TPSA) is 241 Å². The second kappa shape index (κ2) is 14.5. The van der Waals surface area contributed by atoms with Gasteiger partial charge in [0.2, 0.25) is 0 Å². The van der Waals surface area contributed by atoms with Crippen LogP contribution in [0.4, 0.5) is 0 Å². The molecular formula is Ni3O12S3. The van der Waals surface area contributed by atoms with E-state index in [1.165, 1.54) is 0 Å². The Kier molecular flexibility index (Phi) is 29.4. The smallest absolute Gasteiger partial charge is 0.759 e. The summed E-state index contributed by atoms with van der Waals surface area (Å²) < 4.78 is 102. The van der Waals surface area contributed by atoms with Crippen LogP contribution < -0.4 is 0 Å². The van der Waals surface area contributed by atoms with Crippen molar-refractivity contribution in [2.75, 3.05) is 0 Å². The average molecular weight is 464 g/mol. The van der Waals surface area contributed by atoms with Gasteiger partial charge in [0.05, 0.1) is 0 Å². The molecule has 0 rings (SSSR count). The maximum Gasteiger partial charge on any atom is 2.00 e. The molecule has 0 bridgehead atoms. The maximum absolute atomic E-state index is 8.52. The van der Waals surface area contributed by atoms with E-state index in [0.717, 1.165) is 0 Å². The van der Waals surface area contributed by atoms with Gasteiger partial charge in [0.1, 0.15) is 0 Å². The molecule has 0 aliphatic carbocycles. The molecule has 0 atom stereocenters. The minimum absolute atomic E-state index is 0. The van der Waals surface area contributed by atoms with E-state index in [0.29, 0.717) is 0 Å². The predicted molar refractivity (Wildman–Crippen MR) is 31.4 cm³/mol. The largest absolute Gasteiger partial charge is 2.00 e. The average Bonchev–Trinajstić information content (AvgIpc) is 1.41. The van der Waals surface area contributed by atoms with E-state index < -0.39 is 31.2 Å². The zero-order valence-corrected chi connectivity index (χ0v) is 12.5. The molecule has 0 fully saturated rings. The zero-order chi connectivity index (χ0) is 13.5. The van der Waals surface area contributed by atoms with Gasteiger partial charge in [0, 0.05) is 31.2 Å². The molecule has 0 unspecified atom stereocenters. The van der Waals surface area contributed by atoms with Crippen molar-refractivity contribution in [1.82, 2.24) is 0 Å². The molecule has 0 spiro atoms. The summed E-state index contributed by atoms with van der Waals surface area (Å²) in [5.74, 6) is 0. The summed E-state index contributed by atoms with van der Waals surface area (Å²) in [6.07, 6.45) is 0. The third-order valence-electron chi connectivity index (χ3n) is 0. The van der Waals surface area contributed by atoms with E-state index in [1.54, 1.807) is 0 Å². The zero-order valence-electron chi connectivity index (χ0n) is 7.07. The van der Waals surface area contributed by atoms with E-state index in [-0.39, 0.29) is 49.5 Å². The molecule has 0 aliphatic heterocycles. The second-order valence-electron chi connectivity index (χ2n) is 1.22. The van der Waals surface area contributed by atoms with Crippen molar-refractivity contribution in [3.8, 4) is 0 Å². The Morgan fingerprint density at radius 3 is 0.389 bits per heavy atom. The summed E-state index contributed by atoms with van der Waals surface area (Å²) in [7, 11) is -15.5. The Hall–Kier alpha value is 1.09. The first-order valence-corrected chi connectivity index (χ1v) is 6.00. The summed E-state index contributed by atoms with van der Waals surface area (Å²) >= 11 is 0. The fraction of sp³-hybridized carbons (Fsp3) is 0. The van der Waals surface area contributed by atoms with Crippen molar-refractivity contribution in [3.63, 3.8) is 0 Å². The van der Waals surface area contributed by atoms with Crippen LogP contribution in [-0.4, -0.2) is 52.6 Å². The van der Waals surface area contributed by atoms with Crippen LogP contribution in [0.2, 0.25) is 0 Å². The molecule has 0 heterocycles. The van der Waals surface area contributed by atoms with Crippen molar-refractivity contribution in [2.45, 2.75) is 0 Å². The van der Waals surface area contributed by atoms with E-state index in [9.17, 15) is 0 Å². The fourth-order valence-electron chi connectivity index (χ4n) is 0. The molecule has 0 amide bonds. The minimum Gasteiger partial charge on any atom is -0.759 e. The van der Waals surface area contributed by atoms with E-state index in [2.05, 4.69) is 0 Å². The molecule has 0 saturated heterocycles. The van der Waals surface area contributed by atoms with Crippen LogP contribution in [-0.2, 0) is 80.7 Å². The van der Waals surface area contributed by atoms with Gasteiger partial charge in [-0.15, -0.1) is 0 Å². The van der Waals surface area contributed by atoms with Gasteiger partial charge in [-0.3, -0.25) is 25.3 Å². The summed E-state index contributed by atoms with van der Waals surface area (Å²) in [5, 5.41) is 0. The first-order chi connectivity index (χ1) is 6.00. The van der Waals surface area contributed by atoms with Crippen molar-refractivity contribution >= 4 is 31.2 Å². The first-order valence-electron chi connectivity index (χ1n) is 2.00. The Morgan fingerprint density at radius 1 is 0.389 bits per heavy atom. The van der Waals surface area contributed by atoms with Gasteiger partial charge in [-0.25, -0.2) is 0 Å². The molecule has 12 nitrogen and oxygen atoms in total. The third-order valence-corrected chi connectivity index (χ3v) is 0. The molecule has 0 aromatic carbocycles. The van der Waals surface area contributed by atoms with Gasteiger partial charge in [0.25, 0.3) is 0 Å². The van der Waals surface area contributed by atoms with Gasteiger partial charge in [0.15, 0.2) is 0 Å². The number of hydrogen-bond acceptors (Lipinski definition) is 12. The SMILES string of the molecule is O=S(=O)([O-])[O-].O=S(=O)([O-])[O-].O=S(=O)([O-])[O-].[Ni+2].[Ni+2].[Ni+2]. The van der Waals surface area contributed by atoms with Crippen molar-refractivity contribution in [2.24, 2.45) is 0 Å². The van der Waals surface area contributed by atoms with Crippen LogP contribution in [0.5, 0.6) is 0 Å². The molecule has 120 valence electrons. The van der Waals surface area contributed by atoms with Crippen LogP contribution in [0, 0.1) is 0 Å². The quantitative estimate of drug-likeness (QED) is 0.189.